The fraction of sp³-hybridized carbons (Fsp3) is 0.571. The third kappa shape index (κ3) is 3.82. The molecule has 0 aliphatic heterocycles. The summed E-state index contributed by atoms with van der Waals surface area (Å²) < 4.78 is 2.30. The standard InChI is InChI=1S/C21H30N2O/c1-3-23-15-17(18-11-5-7-13-20(18)23)10-8-14-21(24)22-19-12-6-4-9-16(19)2/h5,7,11,13,15-16,19H,3-4,6,8-10,12,14H2,1-2H3,(H,22,24)/t16-,19+/m1/s1. The van der Waals surface area contributed by atoms with Gasteiger partial charge in [0, 0.05) is 36.1 Å². The number of aromatic nitrogens is 1. The summed E-state index contributed by atoms with van der Waals surface area (Å²) in [6, 6.07) is 8.97. The zero-order valence-corrected chi connectivity index (χ0v) is 15.1. The molecule has 24 heavy (non-hydrogen) atoms. The molecule has 0 spiro atoms. The molecule has 0 unspecified atom stereocenters. The number of carbonyl (C=O) groups excluding carboxylic acids is 1. The fourth-order valence-corrected chi connectivity index (χ4v) is 4.03. The van der Waals surface area contributed by atoms with Gasteiger partial charge in [0.1, 0.15) is 0 Å². The summed E-state index contributed by atoms with van der Waals surface area (Å²) in [4.78, 5) is 12.3. The summed E-state index contributed by atoms with van der Waals surface area (Å²) in [7, 11) is 0. The molecule has 1 N–H and O–H groups in total. The summed E-state index contributed by atoms with van der Waals surface area (Å²) in [5, 5.41) is 4.60. The van der Waals surface area contributed by atoms with Gasteiger partial charge in [-0.3, -0.25) is 4.79 Å². The Bertz CT molecular complexity index is 688. The molecule has 0 saturated heterocycles. The zero-order valence-electron chi connectivity index (χ0n) is 15.1. The number of aryl methyl sites for hydroxylation is 2. The van der Waals surface area contributed by atoms with Gasteiger partial charge in [0.05, 0.1) is 0 Å². The van der Waals surface area contributed by atoms with Gasteiger partial charge >= 0.3 is 0 Å². The van der Waals surface area contributed by atoms with Crippen LogP contribution < -0.4 is 5.32 Å². The minimum Gasteiger partial charge on any atom is -0.353 e. The van der Waals surface area contributed by atoms with Gasteiger partial charge in [-0.05, 0) is 50.2 Å². The number of hydrogen-bond donors (Lipinski definition) is 1. The van der Waals surface area contributed by atoms with Crippen LogP contribution in [0.3, 0.4) is 0 Å². The lowest BCUT2D eigenvalue weighted by Gasteiger charge is -2.29. The first-order valence-electron chi connectivity index (χ1n) is 9.55. The molecule has 0 radical (unpaired) electrons. The Morgan fingerprint density at radius 1 is 1.25 bits per heavy atom. The lowest BCUT2D eigenvalue weighted by atomic mass is 9.86. The maximum Gasteiger partial charge on any atom is 0.220 e. The van der Waals surface area contributed by atoms with E-state index in [4.69, 9.17) is 0 Å². The Kier molecular flexibility index (Phi) is 5.60. The van der Waals surface area contributed by atoms with Gasteiger partial charge in [0.2, 0.25) is 5.91 Å². The molecule has 1 saturated carbocycles. The first-order valence-corrected chi connectivity index (χ1v) is 9.55. The number of rotatable bonds is 6. The van der Waals surface area contributed by atoms with Crippen LogP contribution in [0.5, 0.6) is 0 Å². The maximum atomic E-state index is 12.3. The molecule has 2 aromatic rings. The Hall–Kier alpha value is -1.77. The van der Waals surface area contributed by atoms with E-state index in [2.05, 4.69) is 54.2 Å². The molecular formula is C21H30N2O. The first-order chi connectivity index (χ1) is 11.7. The third-order valence-corrected chi connectivity index (χ3v) is 5.52. The predicted molar refractivity (Wildman–Crippen MR) is 100 cm³/mol. The molecule has 3 rings (SSSR count). The Morgan fingerprint density at radius 2 is 2.04 bits per heavy atom. The van der Waals surface area contributed by atoms with Crippen LogP contribution >= 0.6 is 0 Å². The molecule has 1 aromatic carbocycles. The van der Waals surface area contributed by atoms with E-state index in [-0.39, 0.29) is 5.91 Å². The molecule has 1 aliphatic rings. The van der Waals surface area contributed by atoms with E-state index in [0.29, 0.717) is 18.4 Å². The lowest BCUT2D eigenvalue weighted by molar-refractivity contribution is -0.122. The average molecular weight is 326 g/mol. The topological polar surface area (TPSA) is 34.0 Å². The molecule has 3 nitrogen and oxygen atoms in total. The van der Waals surface area contributed by atoms with Crippen LogP contribution in [-0.2, 0) is 17.8 Å². The summed E-state index contributed by atoms with van der Waals surface area (Å²) in [6.07, 6.45) is 9.76. The molecule has 3 heteroatoms. The van der Waals surface area contributed by atoms with Gasteiger partial charge in [0.15, 0.2) is 0 Å². The van der Waals surface area contributed by atoms with Gasteiger partial charge in [-0.15, -0.1) is 0 Å². The number of benzene rings is 1. The predicted octanol–water partition coefficient (Wildman–Crippen LogP) is 4.68. The van der Waals surface area contributed by atoms with E-state index in [1.54, 1.807) is 0 Å². The van der Waals surface area contributed by atoms with Gasteiger partial charge in [-0.2, -0.15) is 0 Å². The van der Waals surface area contributed by atoms with Gasteiger partial charge in [-0.1, -0.05) is 38.0 Å². The summed E-state index contributed by atoms with van der Waals surface area (Å²) in [5.74, 6) is 0.859. The number of fused-ring (bicyclic) bond motifs is 1. The summed E-state index contributed by atoms with van der Waals surface area (Å²) in [6.45, 7) is 5.43. The minimum absolute atomic E-state index is 0.230. The largest absolute Gasteiger partial charge is 0.353 e. The Labute approximate surface area is 145 Å². The second-order valence-electron chi connectivity index (χ2n) is 7.25. The molecule has 1 aliphatic carbocycles. The van der Waals surface area contributed by atoms with Crippen molar-refractivity contribution < 1.29 is 4.79 Å². The Morgan fingerprint density at radius 3 is 2.83 bits per heavy atom. The van der Waals surface area contributed by atoms with Crippen LogP contribution in [0.15, 0.2) is 30.5 Å². The fourth-order valence-electron chi connectivity index (χ4n) is 4.03. The van der Waals surface area contributed by atoms with Crippen molar-refractivity contribution >= 4 is 16.8 Å². The van der Waals surface area contributed by atoms with Gasteiger partial charge in [0.25, 0.3) is 0 Å². The number of nitrogens with one attached hydrogen (secondary N) is 1. The molecule has 1 fully saturated rings. The van der Waals surface area contributed by atoms with E-state index >= 15 is 0 Å². The molecule has 1 heterocycles. The van der Waals surface area contributed by atoms with Crippen molar-refractivity contribution in [3.05, 3.63) is 36.0 Å². The van der Waals surface area contributed by atoms with Crippen molar-refractivity contribution in [3.63, 3.8) is 0 Å². The Balaban J connectivity index is 1.54. The second-order valence-corrected chi connectivity index (χ2v) is 7.25. The minimum atomic E-state index is 0.230. The SMILES string of the molecule is CCn1cc(CCCC(=O)N[C@H]2CCCC[C@H]2C)c2ccccc21. The van der Waals surface area contributed by atoms with Crippen molar-refractivity contribution in [2.45, 2.75) is 71.4 Å². The van der Waals surface area contributed by atoms with E-state index in [1.165, 1.54) is 35.7 Å². The molecule has 2 atom stereocenters. The molecule has 130 valence electrons. The third-order valence-electron chi connectivity index (χ3n) is 5.52. The number of para-hydroxylation sites is 1. The number of amides is 1. The lowest BCUT2D eigenvalue weighted by Crippen LogP contribution is -2.40. The molecule has 1 aromatic heterocycles. The van der Waals surface area contributed by atoms with Gasteiger partial charge < -0.3 is 9.88 Å². The molecule has 1 amide bonds. The number of nitrogens with zero attached hydrogens (tertiary/aromatic N) is 1. The molecular weight excluding hydrogens is 296 g/mol. The van der Waals surface area contributed by atoms with Crippen LogP contribution in [-0.4, -0.2) is 16.5 Å². The molecule has 0 bridgehead atoms. The summed E-state index contributed by atoms with van der Waals surface area (Å²) >= 11 is 0. The van der Waals surface area contributed by atoms with Gasteiger partial charge in [-0.25, -0.2) is 0 Å². The highest BCUT2D eigenvalue weighted by Gasteiger charge is 2.22. The highest BCUT2D eigenvalue weighted by molar-refractivity contribution is 5.84. The van der Waals surface area contributed by atoms with Crippen LogP contribution in [0, 0.1) is 5.92 Å². The highest BCUT2D eigenvalue weighted by atomic mass is 16.1. The number of carbonyl (C=O) groups is 1. The van der Waals surface area contributed by atoms with Crippen molar-refractivity contribution in [3.8, 4) is 0 Å². The average Bonchev–Trinajstić information content (AvgIpc) is 2.95. The first kappa shape index (κ1) is 17.1. The monoisotopic (exact) mass is 326 g/mol. The second kappa shape index (κ2) is 7.87. The van der Waals surface area contributed by atoms with Crippen LogP contribution in [0.25, 0.3) is 10.9 Å². The van der Waals surface area contributed by atoms with Crippen molar-refractivity contribution in [2.75, 3.05) is 0 Å². The quantitative estimate of drug-likeness (QED) is 0.822. The smallest absolute Gasteiger partial charge is 0.220 e. The zero-order chi connectivity index (χ0) is 16.9. The van der Waals surface area contributed by atoms with Crippen LogP contribution in [0.1, 0.15) is 57.9 Å². The number of hydrogen-bond acceptors (Lipinski definition) is 1. The highest BCUT2D eigenvalue weighted by Crippen LogP contribution is 2.25. The normalized spacial score (nSPS) is 21.1. The van der Waals surface area contributed by atoms with Crippen LogP contribution in [0.2, 0.25) is 0 Å². The van der Waals surface area contributed by atoms with E-state index in [1.807, 2.05) is 0 Å². The van der Waals surface area contributed by atoms with Crippen molar-refractivity contribution in [1.29, 1.82) is 0 Å². The van der Waals surface area contributed by atoms with E-state index < -0.39 is 0 Å². The summed E-state index contributed by atoms with van der Waals surface area (Å²) in [5.41, 5.74) is 2.67. The van der Waals surface area contributed by atoms with E-state index in [9.17, 15) is 4.79 Å². The van der Waals surface area contributed by atoms with Crippen molar-refractivity contribution in [2.24, 2.45) is 5.92 Å². The maximum absolute atomic E-state index is 12.3. The van der Waals surface area contributed by atoms with Crippen LogP contribution in [0.4, 0.5) is 0 Å². The van der Waals surface area contributed by atoms with Crippen molar-refractivity contribution in [1.82, 2.24) is 9.88 Å². The van der Waals surface area contributed by atoms with E-state index in [0.717, 1.165) is 25.8 Å².